The molecule has 1 aromatic heterocycles. The van der Waals surface area contributed by atoms with Gasteiger partial charge < -0.3 is 20.4 Å². The largest absolute Gasteiger partial charge is 0.463 e. The van der Waals surface area contributed by atoms with Gasteiger partial charge in [0, 0.05) is 36.0 Å². The van der Waals surface area contributed by atoms with E-state index < -0.39 is 6.04 Å². The molecule has 1 aromatic carbocycles. The monoisotopic (exact) mass is 387 g/mol. The highest BCUT2D eigenvalue weighted by Crippen LogP contribution is 2.19. The molecule has 0 aliphatic rings. The molecule has 0 bridgehead atoms. The Kier molecular flexibility index (Phi) is 7.61. The number of H-pyrrole nitrogens is 1. The summed E-state index contributed by atoms with van der Waals surface area (Å²) in [5, 5.41) is 6.55. The van der Waals surface area contributed by atoms with Crippen molar-refractivity contribution in [3.63, 3.8) is 0 Å². The minimum absolute atomic E-state index is 0.0852. The second-order valence-corrected chi connectivity index (χ2v) is 7.36. The van der Waals surface area contributed by atoms with E-state index in [0.717, 1.165) is 16.5 Å². The number of fused-ring (bicyclic) bond motifs is 1. The maximum absolute atomic E-state index is 12.7. The molecule has 2 amide bonds. The molecule has 0 saturated carbocycles. The Morgan fingerprint density at radius 1 is 1.07 bits per heavy atom. The van der Waals surface area contributed by atoms with Gasteiger partial charge in [0.05, 0.1) is 12.5 Å². The minimum atomic E-state index is -0.727. The molecule has 2 aromatic rings. The molecule has 0 saturated heterocycles. The zero-order valence-electron chi connectivity index (χ0n) is 16.9. The maximum atomic E-state index is 12.7. The first kappa shape index (κ1) is 21.5. The van der Waals surface area contributed by atoms with Crippen LogP contribution in [0.25, 0.3) is 10.9 Å². The summed E-state index contributed by atoms with van der Waals surface area (Å²) in [6, 6.07) is 7.07. The summed E-state index contributed by atoms with van der Waals surface area (Å²) < 4.78 is 5.06. The van der Waals surface area contributed by atoms with Gasteiger partial charge in [-0.1, -0.05) is 32.0 Å². The van der Waals surface area contributed by atoms with Crippen molar-refractivity contribution < 1.29 is 19.1 Å². The van der Waals surface area contributed by atoms with Gasteiger partial charge in [-0.25, -0.2) is 0 Å². The van der Waals surface area contributed by atoms with Crippen molar-refractivity contribution in [2.75, 3.05) is 6.54 Å². The molecule has 28 heavy (non-hydrogen) atoms. The lowest BCUT2D eigenvalue weighted by Gasteiger charge is -2.19. The van der Waals surface area contributed by atoms with E-state index in [2.05, 4.69) is 15.6 Å². The van der Waals surface area contributed by atoms with Gasteiger partial charge in [0.2, 0.25) is 11.8 Å². The van der Waals surface area contributed by atoms with Crippen molar-refractivity contribution in [3.05, 3.63) is 36.0 Å². The molecule has 1 heterocycles. The van der Waals surface area contributed by atoms with Gasteiger partial charge in [-0.15, -0.1) is 0 Å². The van der Waals surface area contributed by atoms with E-state index in [4.69, 9.17) is 4.74 Å². The number of carbonyl (C=O) groups is 3. The summed E-state index contributed by atoms with van der Waals surface area (Å²) in [6.45, 7) is 7.26. The second kappa shape index (κ2) is 9.92. The zero-order valence-corrected chi connectivity index (χ0v) is 16.9. The van der Waals surface area contributed by atoms with Crippen LogP contribution in [-0.4, -0.2) is 41.5 Å². The summed E-state index contributed by atoms with van der Waals surface area (Å²) in [6.07, 6.45) is 2.10. The SMILES string of the molecule is CC(C)OC(=O)CCNC(=O)C(Cc1c[nH]c2ccccc12)NC(=O)C(C)C. The van der Waals surface area contributed by atoms with Gasteiger partial charge in [0.1, 0.15) is 6.04 Å². The Hall–Kier alpha value is -2.83. The molecule has 1 unspecified atom stereocenters. The molecule has 0 radical (unpaired) electrons. The number of hydrogen-bond donors (Lipinski definition) is 3. The number of aromatic amines is 1. The molecule has 0 aliphatic carbocycles. The Morgan fingerprint density at radius 3 is 2.46 bits per heavy atom. The van der Waals surface area contributed by atoms with Crippen LogP contribution >= 0.6 is 0 Å². The molecule has 152 valence electrons. The minimum Gasteiger partial charge on any atom is -0.463 e. The van der Waals surface area contributed by atoms with Crippen LogP contribution in [-0.2, 0) is 25.5 Å². The quantitative estimate of drug-likeness (QED) is 0.575. The molecular formula is C21H29N3O4. The Morgan fingerprint density at radius 2 is 1.79 bits per heavy atom. The second-order valence-electron chi connectivity index (χ2n) is 7.36. The van der Waals surface area contributed by atoms with E-state index in [1.807, 2.05) is 30.5 Å². The fraction of sp³-hybridized carbons (Fsp3) is 0.476. The number of ether oxygens (including phenoxy) is 1. The highest BCUT2D eigenvalue weighted by Gasteiger charge is 2.23. The Labute approximate surface area is 165 Å². The van der Waals surface area contributed by atoms with E-state index in [-0.39, 0.29) is 42.8 Å². The molecule has 7 nitrogen and oxygen atoms in total. The molecule has 7 heteroatoms. The molecule has 0 fully saturated rings. The number of hydrogen-bond acceptors (Lipinski definition) is 4. The van der Waals surface area contributed by atoms with Crippen LogP contribution in [0.4, 0.5) is 0 Å². The number of carbonyl (C=O) groups excluding carboxylic acids is 3. The number of aromatic nitrogens is 1. The molecule has 1 atom stereocenters. The first-order valence-electron chi connectivity index (χ1n) is 9.60. The third kappa shape index (κ3) is 6.11. The van der Waals surface area contributed by atoms with Crippen molar-refractivity contribution in [2.45, 2.75) is 52.7 Å². The molecular weight excluding hydrogens is 358 g/mol. The lowest BCUT2D eigenvalue weighted by Crippen LogP contribution is -2.49. The predicted molar refractivity (Wildman–Crippen MR) is 108 cm³/mol. The number of benzene rings is 1. The van der Waals surface area contributed by atoms with Gasteiger partial charge in [0.25, 0.3) is 0 Å². The standard InChI is InChI=1S/C21H29N3O4/c1-13(2)20(26)24-18(21(27)22-10-9-19(25)28-14(3)4)11-15-12-23-17-8-6-5-7-16(15)17/h5-8,12-14,18,23H,9-11H2,1-4H3,(H,22,27)(H,24,26). The van der Waals surface area contributed by atoms with E-state index >= 15 is 0 Å². The van der Waals surface area contributed by atoms with Crippen LogP contribution in [0.2, 0.25) is 0 Å². The van der Waals surface area contributed by atoms with Crippen molar-refractivity contribution in [1.29, 1.82) is 0 Å². The van der Waals surface area contributed by atoms with Crippen molar-refractivity contribution in [2.24, 2.45) is 5.92 Å². The first-order valence-corrected chi connectivity index (χ1v) is 9.60. The fourth-order valence-electron chi connectivity index (χ4n) is 2.80. The number of esters is 1. The Balaban J connectivity index is 2.05. The van der Waals surface area contributed by atoms with Gasteiger partial charge in [0.15, 0.2) is 0 Å². The smallest absolute Gasteiger partial charge is 0.307 e. The highest BCUT2D eigenvalue weighted by atomic mass is 16.5. The maximum Gasteiger partial charge on any atom is 0.307 e. The van der Waals surface area contributed by atoms with Crippen LogP contribution in [0, 0.1) is 5.92 Å². The van der Waals surface area contributed by atoms with Crippen LogP contribution in [0.15, 0.2) is 30.5 Å². The van der Waals surface area contributed by atoms with Gasteiger partial charge in [-0.05, 0) is 25.5 Å². The molecule has 0 aliphatic heterocycles. The topological polar surface area (TPSA) is 100 Å². The number of para-hydroxylation sites is 1. The van der Waals surface area contributed by atoms with E-state index in [1.54, 1.807) is 27.7 Å². The molecule has 3 N–H and O–H groups in total. The fourth-order valence-corrected chi connectivity index (χ4v) is 2.80. The number of rotatable bonds is 9. The lowest BCUT2D eigenvalue weighted by molar-refractivity contribution is -0.147. The third-order valence-electron chi connectivity index (χ3n) is 4.25. The van der Waals surface area contributed by atoms with Crippen LogP contribution in [0.3, 0.4) is 0 Å². The van der Waals surface area contributed by atoms with Gasteiger partial charge in [-0.3, -0.25) is 14.4 Å². The summed E-state index contributed by atoms with van der Waals surface area (Å²) in [4.78, 5) is 39.7. The van der Waals surface area contributed by atoms with Crippen molar-refractivity contribution >= 4 is 28.7 Å². The Bertz CT molecular complexity index is 826. The molecule has 2 rings (SSSR count). The van der Waals surface area contributed by atoms with E-state index in [0.29, 0.717) is 6.42 Å². The molecule has 0 spiro atoms. The van der Waals surface area contributed by atoms with Gasteiger partial charge >= 0.3 is 5.97 Å². The third-order valence-corrected chi connectivity index (χ3v) is 4.25. The summed E-state index contributed by atoms with van der Waals surface area (Å²) in [5.74, 6) is -1.12. The van der Waals surface area contributed by atoms with Crippen molar-refractivity contribution in [3.8, 4) is 0 Å². The number of nitrogens with one attached hydrogen (secondary N) is 3. The van der Waals surface area contributed by atoms with Crippen LogP contribution in [0.5, 0.6) is 0 Å². The summed E-state index contributed by atoms with van der Waals surface area (Å²) >= 11 is 0. The van der Waals surface area contributed by atoms with Gasteiger partial charge in [-0.2, -0.15) is 0 Å². The van der Waals surface area contributed by atoms with E-state index in [9.17, 15) is 14.4 Å². The van der Waals surface area contributed by atoms with Crippen LogP contribution in [0.1, 0.15) is 39.7 Å². The highest BCUT2D eigenvalue weighted by molar-refractivity contribution is 5.90. The predicted octanol–water partition coefficient (Wildman–Crippen LogP) is 2.31. The number of amides is 2. The lowest BCUT2D eigenvalue weighted by atomic mass is 10.0. The summed E-state index contributed by atoms with van der Waals surface area (Å²) in [5.41, 5.74) is 1.92. The van der Waals surface area contributed by atoms with Crippen molar-refractivity contribution in [1.82, 2.24) is 15.6 Å². The summed E-state index contributed by atoms with van der Waals surface area (Å²) in [7, 11) is 0. The average Bonchev–Trinajstić information content (AvgIpc) is 3.03. The van der Waals surface area contributed by atoms with E-state index in [1.165, 1.54) is 0 Å². The first-order chi connectivity index (χ1) is 13.3. The zero-order chi connectivity index (χ0) is 20.7. The average molecular weight is 387 g/mol. The normalized spacial score (nSPS) is 12.2. The van der Waals surface area contributed by atoms with Crippen LogP contribution < -0.4 is 10.6 Å².